The summed E-state index contributed by atoms with van der Waals surface area (Å²) < 4.78 is 5.67. The Balaban J connectivity index is 2.40. The van der Waals surface area contributed by atoms with Gasteiger partial charge < -0.3 is 10.5 Å². The first-order valence-electron chi connectivity index (χ1n) is 5.51. The van der Waals surface area contributed by atoms with Gasteiger partial charge in [0.05, 0.1) is 12.2 Å². The molecule has 0 aromatic heterocycles. The maximum atomic E-state index is 5.76. The molecule has 0 aliphatic carbocycles. The number of hydrogen-bond acceptors (Lipinski definition) is 3. The lowest BCUT2D eigenvalue weighted by Crippen LogP contribution is -2.20. The van der Waals surface area contributed by atoms with E-state index in [4.69, 9.17) is 10.5 Å². The van der Waals surface area contributed by atoms with E-state index in [9.17, 15) is 0 Å². The van der Waals surface area contributed by atoms with Crippen molar-refractivity contribution in [2.24, 2.45) is 0 Å². The summed E-state index contributed by atoms with van der Waals surface area (Å²) in [5.41, 5.74) is 7.80. The predicted molar refractivity (Wildman–Crippen MR) is 72.0 cm³/mol. The van der Waals surface area contributed by atoms with Crippen molar-refractivity contribution in [3.05, 3.63) is 23.8 Å². The van der Waals surface area contributed by atoms with Crippen molar-refractivity contribution < 1.29 is 4.74 Å². The van der Waals surface area contributed by atoms with Crippen molar-refractivity contribution in [2.45, 2.75) is 38.2 Å². The molecule has 1 aromatic carbocycles. The fraction of sp³-hybridized carbons (Fsp3) is 0.538. The molecule has 0 aliphatic heterocycles. The Labute approximate surface area is 103 Å². The summed E-state index contributed by atoms with van der Waals surface area (Å²) in [5, 5.41) is 0. The number of rotatable bonds is 4. The van der Waals surface area contributed by atoms with Gasteiger partial charge in [-0.3, -0.25) is 0 Å². The molecule has 3 heteroatoms. The summed E-state index contributed by atoms with van der Waals surface area (Å²) in [4.78, 5) is 1.25. The fourth-order valence-corrected chi connectivity index (χ4v) is 2.17. The molecule has 0 amide bonds. The molecule has 1 rings (SSSR count). The van der Waals surface area contributed by atoms with Crippen LogP contribution in [0.3, 0.4) is 0 Å². The van der Waals surface area contributed by atoms with Gasteiger partial charge in [-0.1, -0.05) is 6.07 Å². The van der Waals surface area contributed by atoms with Crippen molar-refractivity contribution in [1.82, 2.24) is 0 Å². The van der Waals surface area contributed by atoms with Crippen molar-refractivity contribution in [2.75, 3.05) is 18.1 Å². The lowest BCUT2D eigenvalue weighted by molar-refractivity contribution is 0.00695. The molecule has 0 saturated heterocycles. The van der Waals surface area contributed by atoms with Gasteiger partial charge in [0.1, 0.15) is 0 Å². The number of hydrogen-bond donors (Lipinski definition) is 1. The van der Waals surface area contributed by atoms with Crippen molar-refractivity contribution >= 4 is 17.4 Å². The predicted octanol–water partition coefficient (Wildman–Crippen LogP) is 3.48. The van der Waals surface area contributed by atoms with Gasteiger partial charge in [0, 0.05) is 16.3 Å². The molecular formula is C13H21NOS. The van der Waals surface area contributed by atoms with Crippen LogP contribution in [-0.2, 0) is 4.74 Å². The first-order chi connectivity index (χ1) is 7.38. The summed E-state index contributed by atoms with van der Waals surface area (Å²) in [5.74, 6) is 0.960. The van der Waals surface area contributed by atoms with E-state index < -0.39 is 0 Å². The summed E-state index contributed by atoms with van der Waals surface area (Å²) in [6.07, 6.45) is 0. The topological polar surface area (TPSA) is 35.2 Å². The van der Waals surface area contributed by atoms with E-state index in [1.807, 2.05) is 12.1 Å². The maximum Gasteiger partial charge on any atom is 0.0598 e. The van der Waals surface area contributed by atoms with Gasteiger partial charge in [-0.05, 0) is 45.4 Å². The zero-order valence-corrected chi connectivity index (χ0v) is 11.4. The second kappa shape index (κ2) is 5.60. The second-order valence-electron chi connectivity index (χ2n) is 4.83. The number of aryl methyl sites for hydroxylation is 1. The van der Waals surface area contributed by atoms with Gasteiger partial charge in [0.15, 0.2) is 0 Å². The van der Waals surface area contributed by atoms with Gasteiger partial charge in [-0.2, -0.15) is 0 Å². The average molecular weight is 239 g/mol. The van der Waals surface area contributed by atoms with Crippen LogP contribution in [0, 0.1) is 6.92 Å². The smallest absolute Gasteiger partial charge is 0.0598 e. The molecule has 16 heavy (non-hydrogen) atoms. The molecule has 0 saturated carbocycles. The molecule has 2 N–H and O–H groups in total. The summed E-state index contributed by atoms with van der Waals surface area (Å²) in [7, 11) is 0. The zero-order valence-electron chi connectivity index (χ0n) is 10.5. The van der Waals surface area contributed by atoms with E-state index in [0.29, 0.717) is 0 Å². The molecule has 1 aromatic rings. The lowest BCUT2D eigenvalue weighted by atomic mass is 10.2. The standard InChI is InChI=1S/C13H21NOS/c1-10-5-6-11(14)9-12(10)16-8-7-15-13(2,3)4/h5-6,9H,7-8,14H2,1-4H3. The van der Waals surface area contributed by atoms with E-state index in [-0.39, 0.29) is 5.60 Å². The Morgan fingerprint density at radius 1 is 1.31 bits per heavy atom. The highest BCUT2D eigenvalue weighted by molar-refractivity contribution is 7.99. The minimum Gasteiger partial charge on any atom is -0.399 e. The van der Waals surface area contributed by atoms with Crippen molar-refractivity contribution in [3.8, 4) is 0 Å². The Hall–Kier alpha value is -0.670. The Bertz CT molecular complexity index is 344. The lowest BCUT2D eigenvalue weighted by Gasteiger charge is -2.19. The fourth-order valence-electron chi connectivity index (χ4n) is 1.27. The highest BCUT2D eigenvalue weighted by Crippen LogP contribution is 2.24. The quantitative estimate of drug-likeness (QED) is 0.496. The van der Waals surface area contributed by atoms with Crippen LogP contribution in [0.4, 0.5) is 5.69 Å². The molecule has 0 spiro atoms. The Morgan fingerprint density at radius 3 is 2.62 bits per heavy atom. The van der Waals surface area contributed by atoms with Crippen LogP contribution in [0.15, 0.2) is 23.1 Å². The van der Waals surface area contributed by atoms with E-state index in [1.165, 1.54) is 10.5 Å². The third kappa shape index (κ3) is 4.90. The maximum absolute atomic E-state index is 5.76. The molecule has 90 valence electrons. The minimum absolute atomic E-state index is 0.0503. The van der Waals surface area contributed by atoms with Crippen LogP contribution in [0.2, 0.25) is 0 Å². The summed E-state index contributed by atoms with van der Waals surface area (Å²) >= 11 is 1.80. The second-order valence-corrected chi connectivity index (χ2v) is 5.97. The number of nitrogen functional groups attached to an aromatic ring is 1. The highest BCUT2D eigenvalue weighted by atomic mass is 32.2. The molecule has 0 unspecified atom stereocenters. The van der Waals surface area contributed by atoms with E-state index >= 15 is 0 Å². The van der Waals surface area contributed by atoms with Gasteiger partial charge in [-0.25, -0.2) is 0 Å². The van der Waals surface area contributed by atoms with E-state index in [1.54, 1.807) is 11.8 Å². The normalized spacial score (nSPS) is 11.8. The molecule has 0 aliphatic rings. The third-order valence-electron chi connectivity index (χ3n) is 2.09. The minimum atomic E-state index is -0.0503. The molecule has 2 nitrogen and oxygen atoms in total. The average Bonchev–Trinajstić information content (AvgIpc) is 2.16. The van der Waals surface area contributed by atoms with Crippen LogP contribution in [-0.4, -0.2) is 18.0 Å². The molecule has 0 heterocycles. The monoisotopic (exact) mass is 239 g/mol. The Kier molecular flexibility index (Phi) is 4.69. The third-order valence-corrected chi connectivity index (χ3v) is 3.21. The van der Waals surface area contributed by atoms with Gasteiger partial charge in [0.2, 0.25) is 0 Å². The number of anilines is 1. The summed E-state index contributed by atoms with van der Waals surface area (Å²) in [6, 6.07) is 6.02. The molecular weight excluding hydrogens is 218 g/mol. The van der Waals surface area contributed by atoms with Crippen LogP contribution >= 0.6 is 11.8 Å². The molecule has 0 radical (unpaired) electrons. The number of ether oxygens (including phenoxy) is 1. The van der Waals surface area contributed by atoms with Crippen molar-refractivity contribution in [1.29, 1.82) is 0 Å². The SMILES string of the molecule is Cc1ccc(N)cc1SCCOC(C)(C)C. The molecule has 0 atom stereocenters. The van der Waals surface area contributed by atoms with Crippen LogP contribution < -0.4 is 5.73 Å². The van der Waals surface area contributed by atoms with Gasteiger partial charge in [0.25, 0.3) is 0 Å². The summed E-state index contributed by atoms with van der Waals surface area (Å²) in [6.45, 7) is 9.09. The number of benzene rings is 1. The zero-order chi connectivity index (χ0) is 12.2. The first kappa shape index (κ1) is 13.4. The van der Waals surface area contributed by atoms with Gasteiger partial charge in [-0.15, -0.1) is 11.8 Å². The molecule has 0 bridgehead atoms. The largest absolute Gasteiger partial charge is 0.399 e. The van der Waals surface area contributed by atoms with Crippen molar-refractivity contribution in [3.63, 3.8) is 0 Å². The van der Waals surface area contributed by atoms with E-state index in [2.05, 4.69) is 33.8 Å². The first-order valence-corrected chi connectivity index (χ1v) is 6.50. The van der Waals surface area contributed by atoms with E-state index in [0.717, 1.165) is 18.0 Å². The van der Waals surface area contributed by atoms with Crippen LogP contribution in [0.25, 0.3) is 0 Å². The number of nitrogens with two attached hydrogens (primary N) is 1. The molecule has 0 fully saturated rings. The van der Waals surface area contributed by atoms with Crippen LogP contribution in [0.1, 0.15) is 26.3 Å². The number of thioether (sulfide) groups is 1. The van der Waals surface area contributed by atoms with Crippen LogP contribution in [0.5, 0.6) is 0 Å². The Morgan fingerprint density at radius 2 is 2.00 bits per heavy atom. The highest BCUT2D eigenvalue weighted by Gasteiger charge is 2.09. The van der Waals surface area contributed by atoms with Gasteiger partial charge >= 0.3 is 0 Å².